The number of methoxy groups -OCH3 is 1. The molecule has 0 fully saturated rings. The summed E-state index contributed by atoms with van der Waals surface area (Å²) < 4.78 is 5.03. The van der Waals surface area contributed by atoms with Gasteiger partial charge in [-0.05, 0) is 23.6 Å². The second-order valence-electron chi connectivity index (χ2n) is 3.27. The monoisotopic (exact) mass is 178 g/mol. The molecule has 0 spiro atoms. The lowest BCUT2D eigenvalue weighted by Gasteiger charge is -2.09. The fourth-order valence-electron chi connectivity index (χ4n) is 1.31. The Kier molecular flexibility index (Phi) is 3.07. The predicted octanol–water partition coefficient (Wildman–Crippen LogP) is 2.63. The zero-order chi connectivity index (χ0) is 9.84. The molecule has 0 radical (unpaired) electrons. The Morgan fingerprint density at radius 3 is 2.54 bits per heavy atom. The van der Waals surface area contributed by atoms with Gasteiger partial charge in [0, 0.05) is 5.56 Å². The van der Waals surface area contributed by atoms with Crippen molar-refractivity contribution in [3.8, 4) is 5.75 Å². The Morgan fingerprint density at radius 2 is 2.08 bits per heavy atom. The molecule has 1 rings (SSSR count). The minimum atomic E-state index is 0.367. The lowest BCUT2D eigenvalue weighted by Crippen LogP contribution is -1.95. The van der Waals surface area contributed by atoms with Gasteiger partial charge in [0.1, 0.15) is 12.0 Å². The number of ether oxygens (including phenoxy) is 1. The lowest BCUT2D eigenvalue weighted by molar-refractivity contribution is 0.112. The molecule has 0 aromatic heterocycles. The van der Waals surface area contributed by atoms with E-state index in [1.165, 1.54) is 0 Å². The van der Waals surface area contributed by atoms with Crippen LogP contribution >= 0.6 is 0 Å². The van der Waals surface area contributed by atoms with Crippen molar-refractivity contribution in [2.75, 3.05) is 7.11 Å². The molecule has 2 heteroatoms. The summed E-state index contributed by atoms with van der Waals surface area (Å²) in [5.74, 6) is 1.10. The van der Waals surface area contributed by atoms with Crippen LogP contribution in [0.5, 0.6) is 5.75 Å². The highest BCUT2D eigenvalue weighted by molar-refractivity contribution is 5.78. The van der Waals surface area contributed by atoms with E-state index >= 15 is 0 Å². The normalized spacial score (nSPS) is 10.2. The van der Waals surface area contributed by atoms with Crippen molar-refractivity contribution in [3.05, 3.63) is 29.3 Å². The molecule has 0 atom stereocenters. The third kappa shape index (κ3) is 2.08. The van der Waals surface area contributed by atoms with Crippen LogP contribution in [0.15, 0.2) is 18.2 Å². The van der Waals surface area contributed by atoms with Crippen LogP contribution < -0.4 is 4.74 Å². The van der Waals surface area contributed by atoms with Crippen molar-refractivity contribution in [2.45, 2.75) is 19.8 Å². The van der Waals surface area contributed by atoms with E-state index < -0.39 is 0 Å². The van der Waals surface area contributed by atoms with Crippen LogP contribution in [0.1, 0.15) is 35.7 Å². The summed E-state index contributed by atoms with van der Waals surface area (Å²) in [6.07, 6.45) is 0.873. The first-order valence-corrected chi connectivity index (χ1v) is 4.32. The van der Waals surface area contributed by atoms with Gasteiger partial charge in [-0.25, -0.2) is 0 Å². The molecule has 1 aromatic rings. The standard InChI is InChI=1S/C11H14O2/c1-8(2)11-5-4-10(13-3)6-9(11)7-12/h4-8H,1-3H3. The third-order valence-electron chi connectivity index (χ3n) is 2.04. The summed E-state index contributed by atoms with van der Waals surface area (Å²) in [5, 5.41) is 0. The molecule has 2 nitrogen and oxygen atoms in total. The molecule has 1 aromatic carbocycles. The van der Waals surface area contributed by atoms with Crippen molar-refractivity contribution >= 4 is 6.29 Å². The average Bonchev–Trinajstić information content (AvgIpc) is 2.16. The van der Waals surface area contributed by atoms with Gasteiger partial charge >= 0.3 is 0 Å². The largest absolute Gasteiger partial charge is 0.497 e. The molecule has 0 aliphatic rings. The van der Waals surface area contributed by atoms with E-state index in [9.17, 15) is 4.79 Å². The zero-order valence-corrected chi connectivity index (χ0v) is 8.20. The molecule has 0 saturated heterocycles. The van der Waals surface area contributed by atoms with Crippen molar-refractivity contribution < 1.29 is 9.53 Å². The van der Waals surface area contributed by atoms with E-state index in [4.69, 9.17) is 4.74 Å². The molecule has 0 amide bonds. The smallest absolute Gasteiger partial charge is 0.150 e. The molecule has 0 saturated carbocycles. The number of hydrogen-bond donors (Lipinski definition) is 0. The first kappa shape index (κ1) is 9.78. The molecule has 0 unspecified atom stereocenters. The van der Waals surface area contributed by atoms with E-state index in [1.54, 1.807) is 13.2 Å². The minimum absolute atomic E-state index is 0.367. The summed E-state index contributed by atoms with van der Waals surface area (Å²) in [7, 11) is 1.60. The summed E-state index contributed by atoms with van der Waals surface area (Å²) >= 11 is 0. The first-order chi connectivity index (χ1) is 6.19. The van der Waals surface area contributed by atoms with Gasteiger partial charge in [0.15, 0.2) is 0 Å². The van der Waals surface area contributed by atoms with E-state index in [1.807, 2.05) is 12.1 Å². The maximum Gasteiger partial charge on any atom is 0.150 e. The van der Waals surface area contributed by atoms with Gasteiger partial charge in [-0.15, -0.1) is 0 Å². The zero-order valence-electron chi connectivity index (χ0n) is 8.20. The maximum absolute atomic E-state index is 10.7. The summed E-state index contributed by atoms with van der Waals surface area (Å²) in [6.45, 7) is 4.13. The van der Waals surface area contributed by atoms with Gasteiger partial charge in [-0.2, -0.15) is 0 Å². The summed E-state index contributed by atoms with van der Waals surface area (Å²) in [4.78, 5) is 10.7. The topological polar surface area (TPSA) is 26.3 Å². The van der Waals surface area contributed by atoms with Crippen LogP contribution in [0.2, 0.25) is 0 Å². The number of hydrogen-bond acceptors (Lipinski definition) is 2. The Labute approximate surface area is 78.5 Å². The number of carbonyl (C=O) groups excluding carboxylic acids is 1. The highest BCUT2D eigenvalue weighted by Gasteiger charge is 2.06. The average molecular weight is 178 g/mol. The number of aldehydes is 1. The van der Waals surface area contributed by atoms with Gasteiger partial charge in [-0.3, -0.25) is 4.79 Å². The number of rotatable bonds is 3. The molecule has 0 N–H and O–H groups in total. The quantitative estimate of drug-likeness (QED) is 0.665. The first-order valence-electron chi connectivity index (χ1n) is 4.32. The second kappa shape index (κ2) is 4.08. The highest BCUT2D eigenvalue weighted by Crippen LogP contribution is 2.22. The minimum Gasteiger partial charge on any atom is -0.497 e. The molecular formula is C11H14O2. The second-order valence-corrected chi connectivity index (χ2v) is 3.27. The molecule has 0 heterocycles. The van der Waals surface area contributed by atoms with Crippen LogP contribution in [-0.4, -0.2) is 13.4 Å². The molecule has 13 heavy (non-hydrogen) atoms. The molecular weight excluding hydrogens is 164 g/mol. The number of carbonyl (C=O) groups is 1. The fourth-order valence-corrected chi connectivity index (χ4v) is 1.31. The summed E-state index contributed by atoms with van der Waals surface area (Å²) in [5.41, 5.74) is 1.78. The molecule has 0 aliphatic carbocycles. The van der Waals surface area contributed by atoms with Crippen LogP contribution in [0.3, 0.4) is 0 Å². The van der Waals surface area contributed by atoms with Gasteiger partial charge in [0.05, 0.1) is 7.11 Å². The Hall–Kier alpha value is -1.31. The highest BCUT2D eigenvalue weighted by atomic mass is 16.5. The summed E-state index contributed by atoms with van der Waals surface area (Å²) in [6, 6.07) is 5.58. The fraction of sp³-hybridized carbons (Fsp3) is 0.364. The molecule has 0 bridgehead atoms. The van der Waals surface area contributed by atoms with Gasteiger partial charge in [0.2, 0.25) is 0 Å². The van der Waals surface area contributed by atoms with Crippen LogP contribution in [-0.2, 0) is 0 Å². The Balaban J connectivity index is 3.15. The Morgan fingerprint density at radius 1 is 1.38 bits per heavy atom. The SMILES string of the molecule is COc1ccc(C(C)C)c(C=O)c1. The van der Waals surface area contributed by atoms with E-state index in [2.05, 4.69) is 13.8 Å². The van der Waals surface area contributed by atoms with Gasteiger partial charge < -0.3 is 4.74 Å². The number of benzene rings is 1. The van der Waals surface area contributed by atoms with E-state index in [0.29, 0.717) is 11.5 Å². The lowest BCUT2D eigenvalue weighted by atomic mass is 9.98. The van der Waals surface area contributed by atoms with Gasteiger partial charge in [-0.1, -0.05) is 19.9 Å². The third-order valence-corrected chi connectivity index (χ3v) is 2.04. The van der Waals surface area contributed by atoms with Crippen molar-refractivity contribution in [2.24, 2.45) is 0 Å². The van der Waals surface area contributed by atoms with Gasteiger partial charge in [0.25, 0.3) is 0 Å². The van der Waals surface area contributed by atoms with Crippen LogP contribution in [0.4, 0.5) is 0 Å². The van der Waals surface area contributed by atoms with E-state index in [-0.39, 0.29) is 0 Å². The van der Waals surface area contributed by atoms with Crippen molar-refractivity contribution in [1.82, 2.24) is 0 Å². The predicted molar refractivity (Wildman–Crippen MR) is 52.5 cm³/mol. The molecule has 0 aliphatic heterocycles. The molecule has 70 valence electrons. The maximum atomic E-state index is 10.7. The van der Waals surface area contributed by atoms with Crippen molar-refractivity contribution in [1.29, 1.82) is 0 Å². The van der Waals surface area contributed by atoms with E-state index in [0.717, 1.165) is 17.6 Å². The van der Waals surface area contributed by atoms with Crippen molar-refractivity contribution in [3.63, 3.8) is 0 Å². The Bertz CT molecular complexity index is 303. The van der Waals surface area contributed by atoms with Crippen LogP contribution in [0.25, 0.3) is 0 Å². The van der Waals surface area contributed by atoms with Crippen LogP contribution in [0, 0.1) is 0 Å².